The fraction of sp³-hybridized carbons (Fsp3) is 0.333. The molecule has 1 aromatic rings. The molecule has 0 fully saturated rings. The van der Waals surface area contributed by atoms with Crippen molar-refractivity contribution >= 4 is 17.7 Å². The summed E-state index contributed by atoms with van der Waals surface area (Å²) in [6.45, 7) is 0.760. The highest BCUT2D eigenvalue weighted by molar-refractivity contribution is 8.00. The molecule has 0 aliphatic heterocycles. The standard InChI is InChI=1S/C12H11F3N2O2S/c1-11(6-16,7-18)17-10(19)8-2-4-9(5-3-8)20-12(13,14)15/h2-5,18H,7H2,1H3,(H,17,19). The molecule has 1 atom stereocenters. The average molecular weight is 304 g/mol. The molecule has 0 radical (unpaired) electrons. The minimum absolute atomic E-state index is 0.0424. The summed E-state index contributed by atoms with van der Waals surface area (Å²) < 4.78 is 36.4. The van der Waals surface area contributed by atoms with Crippen molar-refractivity contribution in [2.45, 2.75) is 22.9 Å². The molecule has 20 heavy (non-hydrogen) atoms. The second-order valence-corrected chi connectivity index (χ2v) is 5.27. The van der Waals surface area contributed by atoms with Gasteiger partial charge in [-0.25, -0.2) is 0 Å². The second-order valence-electron chi connectivity index (χ2n) is 4.13. The molecule has 0 aliphatic rings. The van der Waals surface area contributed by atoms with Gasteiger partial charge in [-0.05, 0) is 43.0 Å². The monoisotopic (exact) mass is 304 g/mol. The number of amides is 1. The van der Waals surface area contributed by atoms with Crippen molar-refractivity contribution in [2.75, 3.05) is 6.61 Å². The van der Waals surface area contributed by atoms with E-state index in [4.69, 9.17) is 10.4 Å². The first-order valence-corrected chi connectivity index (χ1v) is 6.21. The molecule has 0 bridgehead atoms. The summed E-state index contributed by atoms with van der Waals surface area (Å²) in [6.07, 6.45) is 0. The molecule has 2 N–H and O–H groups in total. The number of benzene rings is 1. The van der Waals surface area contributed by atoms with Gasteiger partial charge in [0.05, 0.1) is 12.7 Å². The Bertz CT molecular complexity index is 525. The van der Waals surface area contributed by atoms with Crippen LogP contribution in [-0.2, 0) is 0 Å². The van der Waals surface area contributed by atoms with Crippen molar-refractivity contribution in [1.82, 2.24) is 5.32 Å². The quantitative estimate of drug-likeness (QED) is 0.837. The number of aliphatic hydroxyl groups excluding tert-OH is 1. The Morgan fingerprint density at radius 2 is 1.95 bits per heavy atom. The van der Waals surface area contributed by atoms with Crippen LogP contribution in [-0.4, -0.2) is 28.7 Å². The maximum atomic E-state index is 12.1. The molecule has 1 aromatic carbocycles. The van der Waals surface area contributed by atoms with Crippen LogP contribution in [0, 0.1) is 11.3 Å². The number of nitrogens with one attached hydrogen (secondary N) is 1. The first kappa shape index (κ1) is 16.3. The Morgan fingerprint density at radius 1 is 1.40 bits per heavy atom. The van der Waals surface area contributed by atoms with Crippen LogP contribution in [0.1, 0.15) is 17.3 Å². The number of hydrogen-bond donors (Lipinski definition) is 2. The molecule has 0 saturated carbocycles. The molecular weight excluding hydrogens is 293 g/mol. The highest BCUT2D eigenvalue weighted by Gasteiger charge is 2.29. The summed E-state index contributed by atoms with van der Waals surface area (Å²) in [5.74, 6) is -0.647. The van der Waals surface area contributed by atoms with Gasteiger partial charge >= 0.3 is 5.51 Å². The number of aliphatic hydroxyl groups is 1. The lowest BCUT2D eigenvalue weighted by molar-refractivity contribution is -0.0328. The highest BCUT2D eigenvalue weighted by Crippen LogP contribution is 2.36. The largest absolute Gasteiger partial charge is 0.446 e. The Hall–Kier alpha value is -1.72. The van der Waals surface area contributed by atoms with Gasteiger partial charge in [-0.1, -0.05) is 0 Å². The van der Waals surface area contributed by atoms with Gasteiger partial charge in [0.1, 0.15) is 5.54 Å². The normalized spacial score (nSPS) is 14.2. The Labute approximate surface area is 117 Å². The predicted molar refractivity (Wildman–Crippen MR) is 66.9 cm³/mol. The SMILES string of the molecule is CC(C#N)(CO)NC(=O)c1ccc(SC(F)(F)F)cc1. The van der Waals surface area contributed by atoms with Crippen LogP contribution in [0.5, 0.6) is 0 Å². The third kappa shape index (κ3) is 4.75. The third-order valence-electron chi connectivity index (χ3n) is 2.30. The average Bonchev–Trinajstić information content (AvgIpc) is 2.37. The van der Waals surface area contributed by atoms with Gasteiger partial charge in [-0.2, -0.15) is 18.4 Å². The van der Waals surface area contributed by atoms with Crippen molar-refractivity contribution in [3.63, 3.8) is 0 Å². The van der Waals surface area contributed by atoms with Gasteiger partial charge in [0.2, 0.25) is 0 Å². The summed E-state index contributed by atoms with van der Waals surface area (Å²) in [5, 5.41) is 20.1. The minimum atomic E-state index is -4.39. The Morgan fingerprint density at radius 3 is 2.35 bits per heavy atom. The van der Waals surface area contributed by atoms with E-state index >= 15 is 0 Å². The van der Waals surface area contributed by atoms with Crippen LogP contribution in [0.2, 0.25) is 0 Å². The van der Waals surface area contributed by atoms with Gasteiger partial charge in [0.25, 0.3) is 5.91 Å². The van der Waals surface area contributed by atoms with E-state index in [1.165, 1.54) is 19.1 Å². The number of rotatable bonds is 4. The third-order valence-corrected chi connectivity index (χ3v) is 3.04. The molecule has 0 spiro atoms. The molecule has 0 aromatic heterocycles. The first-order valence-electron chi connectivity index (χ1n) is 5.39. The number of nitriles is 1. The van der Waals surface area contributed by atoms with Crippen molar-refractivity contribution in [2.24, 2.45) is 0 Å². The van der Waals surface area contributed by atoms with Crippen LogP contribution >= 0.6 is 11.8 Å². The maximum Gasteiger partial charge on any atom is 0.446 e. The molecule has 8 heteroatoms. The fourth-order valence-electron chi connectivity index (χ4n) is 1.23. The lowest BCUT2D eigenvalue weighted by Gasteiger charge is -2.20. The van der Waals surface area contributed by atoms with E-state index in [0.29, 0.717) is 0 Å². The number of carbonyl (C=O) groups excluding carboxylic acids is 1. The first-order chi connectivity index (χ1) is 9.19. The van der Waals surface area contributed by atoms with Crippen LogP contribution in [0.25, 0.3) is 0 Å². The molecule has 1 unspecified atom stereocenters. The summed E-state index contributed by atoms with van der Waals surface area (Å²) in [5.41, 5.74) is -5.72. The van der Waals surface area contributed by atoms with Gasteiger partial charge in [0, 0.05) is 10.5 Å². The van der Waals surface area contributed by atoms with Crippen LogP contribution < -0.4 is 5.32 Å². The number of alkyl halides is 3. The zero-order chi connectivity index (χ0) is 15.4. The van der Waals surface area contributed by atoms with Crippen molar-refractivity contribution < 1.29 is 23.1 Å². The van der Waals surface area contributed by atoms with Crippen molar-refractivity contribution in [3.8, 4) is 6.07 Å². The zero-order valence-corrected chi connectivity index (χ0v) is 11.2. The molecule has 1 amide bonds. The van der Waals surface area contributed by atoms with Crippen molar-refractivity contribution in [1.29, 1.82) is 5.26 Å². The summed E-state index contributed by atoms with van der Waals surface area (Å²) in [6, 6.07) is 6.50. The number of thioether (sulfide) groups is 1. The van der Waals surface area contributed by atoms with Gasteiger partial charge in [0.15, 0.2) is 0 Å². The van der Waals surface area contributed by atoms with E-state index in [9.17, 15) is 18.0 Å². The molecule has 108 valence electrons. The fourth-order valence-corrected chi connectivity index (χ4v) is 1.77. The number of carbonyl (C=O) groups is 1. The molecule has 0 aliphatic carbocycles. The summed E-state index contributed by atoms with van der Waals surface area (Å²) in [4.78, 5) is 11.7. The number of hydrogen-bond acceptors (Lipinski definition) is 4. The lowest BCUT2D eigenvalue weighted by atomic mass is 10.1. The summed E-state index contributed by atoms with van der Waals surface area (Å²) >= 11 is -0.281. The van der Waals surface area contributed by atoms with E-state index in [-0.39, 0.29) is 22.2 Å². The van der Waals surface area contributed by atoms with Gasteiger partial charge < -0.3 is 10.4 Å². The van der Waals surface area contributed by atoms with Crippen LogP contribution in [0.3, 0.4) is 0 Å². The van der Waals surface area contributed by atoms with Gasteiger partial charge in [-0.15, -0.1) is 0 Å². The molecule has 0 heterocycles. The van der Waals surface area contributed by atoms with Crippen LogP contribution in [0.15, 0.2) is 29.2 Å². The smallest absolute Gasteiger partial charge is 0.393 e. The van der Waals surface area contributed by atoms with Gasteiger partial charge in [-0.3, -0.25) is 4.79 Å². The van der Waals surface area contributed by atoms with Crippen LogP contribution in [0.4, 0.5) is 13.2 Å². The van der Waals surface area contributed by atoms with E-state index in [1.807, 2.05) is 0 Å². The number of halogens is 3. The highest BCUT2D eigenvalue weighted by atomic mass is 32.2. The molecule has 1 rings (SSSR count). The Kier molecular flexibility index (Phi) is 5.03. The molecule has 0 saturated heterocycles. The second kappa shape index (κ2) is 6.15. The number of nitrogens with zero attached hydrogens (tertiary/aromatic N) is 1. The van der Waals surface area contributed by atoms with E-state index in [2.05, 4.69) is 5.32 Å². The van der Waals surface area contributed by atoms with E-state index in [1.54, 1.807) is 6.07 Å². The van der Waals surface area contributed by atoms with E-state index in [0.717, 1.165) is 12.1 Å². The maximum absolute atomic E-state index is 12.1. The Balaban J connectivity index is 2.79. The van der Waals surface area contributed by atoms with Crippen molar-refractivity contribution in [3.05, 3.63) is 29.8 Å². The molecule has 4 nitrogen and oxygen atoms in total. The lowest BCUT2D eigenvalue weighted by Crippen LogP contribution is -2.47. The topological polar surface area (TPSA) is 73.1 Å². The van der Waals surface area contributed by atoms with E-state index < -0.39 is 23.6 Å². The zero-order valence-electron chi connectivity index (χ0n) is 10.4. The predicted octanol–water partition coefficient (Wildman–Crippen LogP) is 2.30. The minimum Gasteiger partial charge on any atom is -0.393 e. The summed E-state index contributed by atoms with van der Waals surface area (Å²) in [7, 11) is 0. The molecular formula is C12H11F3N2O2S.